The van der Waals surface area contributed by atoms with Crippen LogP contribution in [0.1, 0.15) is 5.56 Å². The molecule has 0 aliphatic rings. The molecule has 2 rings (SSSR count). The zero-order chi connectivity index (χ0) is 14.4. The Kier molecular flexibility index (Phi) is 5.00. The molecule has 2 aromatic rings. The van der Waals surface area contributed by atoms with Crippen molar-refractivity contribution in [2.75, 3.05) is 33.9 Å². The van der Waals surface area contributed by atoms with Gasteiger partial charge in [0.2, 0.25) is 0 Å². The first-order valence-corrected chi connectivity index (χ1v) is 6.61. The van der Waals surface area contributed by atoms with Gasteiger partial charge in [0.05, 0.1) is 5.56 Å². The third kappa shape index (κ3) is 3.51. The van der Waals surface area contributed by atoms with Crippen molar-refractivity contribution in [3.05, 3.63) is 42.0 Å². The van der Waals surface area contributed by atoms with Crippen LogP contribution in [0.4, 0.5) is 0 Å². The van der Waals surface area contributed by atoms with Gasteiger partial charge < -0.3 is 14.7 Å². The summed E-state index contributed by atoms with van der Waals surface area (Å²) in [4.78, 5) is 2.07. The molecule has 0 amide bonds. The SMILES string of the molecule is CN(C)CCOc1ccc2ccccc2c1C#CCO. The lowest BCUT2D eigenvalue weighted by molar-refractivity contribution is 0.261. The second-order valence-corrected chi connectivity index (χ2v) is 4.77. The van der Waals surface area contributed by atoms with Crippen LogP contribution in [0.3, 0.4) is 0 Å². The standard InChI is InChI=1S/C17H19NO2/c1-18(2)11-13-20-17-10-9-14-6-3-4-7-15(14)16(17)8-5-12-19/h3-4,6-7,9-10,19H,11-13H2,1-2H3. The van der Waals surface area contributed by atoms with Crippen LogP contribution < -0.4 is 4.74 Å². The van der Waals surface area contributed by atoms with E-state index in [2.05, 4.69) is 16.7 Å². The molecule has 0 bridgehead atoms. The number of aliphatic hydroxyl groups excluding tert-OH is 1. The van der Waals surface area contributed by atoms with Crippen molar-refractivity contribution in [3.63, 3.8) is 0 Å². The summed E-state index contributed by atoms with van der Waals surface area (Å²) in [6.07, 6.45) is 0. The molecule has 0 heterocycles. The van der Waals surface area contributed by atoms with E-state index in [1.807, 2.05) is 50.5 Å². The van der Waals surface area contributed by atoms with Crippen molar-refractivity contribution in [1.82, 2.24) is 4.90 Å². The average molecular weight is 269 g/mol. The zero-order valence-corrected chi connectivity index (χ0v) is 11.9. The minimum Gasteiger partial charge on any atom is -0.491 e. The molecule has 0 aromatic heterocycles. The maximum atomic E-state index is 8.92. The van der Waals surface area contributed by atoms with Crippen LogP contribution in [0.15, 0.2) is 36.4 Å². The van der Waals surface area contributed by atoms with E-state index in [0.717, 1.165) is 28.6 Å². The van der Waals surface area contributed by atoms with E-state index < -0.39 is 0 Å². The van der Waals surface area contributed by atoms with Gasteiger partial charge in [0.15, 0.2) is 0 Å². The van der Waals surface area contributed by atoms with Gasteiger partial charge in [-0.15, -0.1) is 0 Å². The summed E-state index contributed by atoms with van der Waals surface area (Å²) >= 11 is 0. The van der Waals surface area contributed by atoms with Gasteiger partial charge in [0.25, 0.3) is 0 Å². The van der Waals surface area contributed by atoms with Crippen LogP contribution in [0, 0.1) is 11.8 Å². The van der Waals surface area contributed by atoms with Crippen LogP contribution in [-0.2, 0) is 0 Å². The highest BCUT2D eigenvalue weighted by molar-refractivity contribution is 5.90. The molecule has 0 saturated carbocycles. The predicted molar refractivity (Wildman–Crippen MR) is 82.0 cm³/mol. The Morgan fingerprint density at radius 2 is 1.95 bits per heavy atom. The lowest BCUT2D eigenvalue weighted by Gasteiger charge is -2.13. The number of likely N-dealkylation sites (N-methyl/N-ethyl adjacent to an activating group) is 1. The second-order valence-electron chi connectivity index (χ2n) is 4.77. The van der Waals surface area contributed by atoms with Crippen molar-refractivity contribution in [2.24, 2.45) is 0 Å². The first-order chi connectivity index (χ1) is 9.72. The van der Waals surface area contributed by atoms with Crippen LogP contribution in [0.2, 0.25) is 0 Å². The van der Waals surface area contributed by atoms with E-state index in [0.29, 0.717) is 6.61 Å². The average Bonchev–Trinajstić information content (AvgIpc) is 2.45. The molecule has 3 heteroatoms. The Morgan fingerprint density at radius 3 is 2.70 bits per heavy atom. The first-order valence-electron chi connectivity index (χ1n) is 6.61. The second kappa shape index (κ2) is 6.95. The van der Waals surface area contributed by atoms with E-state index >= 15 is 0 Å². The lowest BCUT2D eigenvalue weighted by atomic mass is 10.0. The number of fused-ring (bicyclic) bond motifs is 1. The highest BCUT2D eigenvalue weighted by Gasteiger charge is 2.06. The van der Waals surface area contributed by atoms with Crippen LogP contribution in [0.5, 0.6) is 5.75 Å². The Labute approximate surface area is 119 Å². The molecule has 104 valence electrons. The summed E-state index contributed by atoms with van der Waals surface area (Å²) in [5.41, 5.74) is 0.843. The fraction of sp³-hybridized carbons (Fsp3) is 0.294. The molecule has 2 aromatic carbocycles. The van der Waals surface area contributed by atoms with E-state index in [4.69, 9.17) is 9.84 Å². The Hall–Kier alpha value is -2.02. The number of rotatable bonds is 4. The van der Waals surface area contributed by atoms with Gasteiger partial charge in [-0.3, -0.25) is 0 Å². The quantitative estimate of drug-likeness (QED) is 0.863. The highest BCUT2D eigenvalue weighted by atomic mass is 16.5. The molecule has 0 fully saturated rings. The Morgan fingerprint density at radius 1 is 1.15 bits per heavy atom. The number of nitrogens with zero attached hydrogens (tertiary/aromatic N) is 1. The molecule has 0 spiro atoms. The van der Waals surface area contributed by atoms with E-state index in [9.17, 15) is 0 Å². The van der Waals surface area contributed by atoms with Crippen LogP contribution >= 0.6 is 0 Å². The molecule has 0 unspecified atom stereocenters. The topological polar surface area (TPSA) is 32.7 Å². The number of benzene rings is 2. The fourth-order valence-corrected chi connectivity index (χ4v) is 1.97. The number of ether oxygens (including phenoxy) is 1. The van der Waals surface area contributed by atoms with Gasteiger partial charge in [-0.2, -0.15) is 0 Å². The Balaban J connectivity index is 2.37. The van der Waals surface area contributed by atoms with Crippen LogP contribution in [0.25, 0.3) is 10.8 Å². The normalized spacial score (nSPS) is 10.4. The number of aliphatic hydroxyl groups is 1. The van der Waals surface area contributed by atoms with Crippen molar-refractivity contribution in [3.8, 4) is 17.6 Å². The molecule has 3 nitrogen and oxygen atoms in total. The molecule has 0 aliphatic carbocycles. The van der Waals surface area contributed by atoms with Crippen molar-refractivity contribution in [2.45, 2.75) is 0 Å². The minimum absolute atomic E-state index is 0.152. The summed E-state index contributed by atoms with van der Waals surface area (Å²) in [7, 11) is 4.02. The summed E-state index contributed by atoms with van der Waals surface area (Å²) < 4.78 is 5.83. The maximum absolute atomic E-state index is 8.92. The first kappa shape index (κ1) is 14.4. The van der Waals surface area contributed by atoms with Crippen molar-refractivity contribution >= 4 is 10.8 Å². The smallest absolute Gasteiger partial charge is 0.135 e. The Bertz CT molecular complexity index is 638. The molecule has 0 aliphatic heterocycles. The zero-order valence-electron chi connectivity index (χ0n) is 11.9. The summed E-state index contributed by atoms with van der Waals surface area (Å²) in [5.74, 6) is 6.49. The third-order valence-corrected chi connectivity index (χ3v) is 2.98. The lowest BCUT2D eigenvalue weighted by Crippen LogP contribution is -2.19. The molecule has 20 heavy (non-hydrogen) atoms. The third-order valence-electron chi connectivity index (χ3n) is 2.98. The van der Waals surface area contributed by atoms with Gasteiger partial charge >= 0.3 is 0 Å². The number of hydrogen-bond donors (Lipinski definition) is 1. The van der Waals surface area contributed by atoms with Gasteiger partial charge in [0.1, 0.15) is 19.0 Å². The van der Waals surface area contributed by atoms with Gasteiger partial charge in [-0.05, 0) is 25.5 Å². The largest absolute Gasteiger partial charge is 0.491 e. The van der Waals surface area contributed by atoms with Crippen LogP contribution in [-0.4, -0.2) is 43.9 Å². The van der Waals surface area contributed by atoms with Gasteiger partial charge in [-0.1, -0.05) is 42.2 Å². The van der Waals surface area contributed by atoms with Crippen molar-refractivity contribution < 1.29 is 9.84 Å². The molecule has 1 N–H and O–H groups in total. The molecule has 0 saturated heterocycles. The van der Waals surface area contributed by atoms with Gasteiger partial charge in [-0.25, -0.2) is 0 Å². The maximum Gasteiger partial charge on any atom is 0.135 e. The molecular weight excluding hydrogens is 250 g/mol. The predicted octanol–water partition coefficient (Wildman–Crippen LogP) is 2.12. The number of hydrogen-bond acceptors (Lipinski definition) is 3. The molecule has 0 atom stereocenters. The minimum atomic E-state index is -0.152. The summed E-state index contributed by atoms with van der Waals surface area (Å²) in [6, 6.07) is 12.0. The molecular formula is C17H19NO2. The van der Waals surface area contributed by atoms with E-state index in [-0.39, 0.29) is 6.61 Å². The summed E-state index contributed by atoms with van der Waals surface area (Å²) in [5, 5.41) is 11.1. The monoisotopic (exact) mass is 269 g/mol. The molecule has 0 radical (unpaired) electrons. The summed E-state index contributed by atoms with van der Waals surface area (Å²) in [6.45, 7) is 1.30. The van der Waals surface area contributed by atoms with Gasteiger partial charge in [0, 0.05) is 11.9 Å². The van der Waals surface area contributed by atoms with E-state index in [1.54, 1.807) is 0 Å². The highest BCUT2D eigenvalue weighted by Crippen LogP contribution is 2.27. The van der Waals surface area contributed by atoms with Crippen molar-refractivity contribution in [1.29, 1.82) is 0 Å². The van der Waals surface area contributed by atoms with E-state index in [1.165, 1.54) is 0 Å². The fourth-order valence-electron chi connectivity index (χ4n) is 1.97.